The van der Waals surface area contributed by atoms with Crippen LogP contribution >= 0.6 is 0 Å². The summed E-state index contributed by atoms with van der Waals surface area (Å²) in [6.07, 6.45) is 1.81. The molecule has 3 heterocycles. The molecule has 1 aromatic carbocycles. The van der Waals surface area contributed by atoms with Gasteiger partial charge in [-0.3, -0.25) is 9.69 Å². The number of morpholine rings is 1. The lowest BCUT2D eigenvalue weighted by Crippen LogP contribution is -2.45. The van der Waals surface area contributed by atoms with E-state index in [0.29, 0.717) is 24.1 Å². The van der Waals surface area contributed by atoms with Crippen molar-refractivity contribution in [1.29, 1.82) is 0 Å². The maximum atomic E-state index is 12.9. The molecule has 0 saturated carbocycles. The SMILES string of the molecule is Nc1ccc(C(=O)N2CC[C@@H](N3CCOCC3)C2)c2c1OCC2. The van der Waals surface area contributed by atoms with Crippen molar-refractivity contribution < 1.29 is 14.3 Å². The highest BCUT2D eigenvalue weighted by molar-refractivity contribution is 5.97. The fourth-order valence-corrected chi connectivity index (χ4v) is 3.86. The number of nitrogen functional groups attached to an aromatic ring is 1. The first-order chi connectivity index (χ1) is 11.2. The predicted molar refractivity (Wildman–Crippen MR) is 86.8 cm³/mol. The summed E-state index contributed by atoms with van der Waals surface area (Å²) in [5.74, 6) is 0.822. The number of fused-ring (bicyclic) bond motifs is 1. The molecule has 1 amide bonds. The van der Waals surface area contributed by atoms with E-state index < -0.39 is 0 Å². The first-order valence-corrected chi connectivity index (χ1v) is 8.39. The van der Waals surface area contributed by atoms with Crippen LogP contribution in [0.1, 0.15) is 22.3 Å². The molecule has 2 saturated heterocycles. The molecule has 1 atom stereocenters. The fourth-order valence-electron chi connectivity index (χ4n) is 3.86. The minimum atomic E-state index is 0.113. The molecule has 0 aliphatic carbocycles. The summed E-state index contributed by atoms with van der Waals surface area (Å²) >= 11 is 0. The number of ether oxygens (including phenoxy) is 2. The Morgan fingerprint density at radius 2 is 2.00 bits per heavy atom. The molecule has 0 spiro atoms. The lowest BCUT2D eigenvalue weighted by atomic mass is 10.0. The van der Waals surface area contributed by atoms with Crippen LogP contribution in [-0.2, 0) is 11.2 Å². The van der Waals surface area contributed by atoms with E-state index in [-0.39, 0.29) is 5.91 Å². The zero-order valence-corrected chi connectivity index (χ0v) is 13.3. The van der Waals surface area contributed by atoms with E-state index in [1.807, 2.05) is 11.0 Å². The van der Waals surface area contributed by atoms with E-state index in [1.54, 1.807) is 6.07 Å². The van der Waals surface area contributed by atoms with Gasteiger partial charge in [-0.1, -0.05) is 0 Å². The van der Waals surface area contributed by atoms with Gasteiger partial charge in [0.25, 0.3) is 5.91 Å². The van der Waals surface area contributed by atoms with Gasteiger partial charge in [-0.15, -0.1) is 0 Å². The van der Waals surface area contributed by atoms with Crippen LogP contribution in [0.4, 0.5) is 5.69 Å². The molecule has 2 fully saturated rings. The van der Waals surface area contributed by atoms with Gasteiger partial charge in [-0.05, 0) is 18.6 Å². The lowest BCUT2D eigenvalue weighted by Gasteiger charge is -2.32. The molecular formula is C17H23N3O3. The largest absolute Gasteiger partial charge is 0.491 e. The van der Waals surface area contributed by atoms with E-state index in [4.69, 9.17) is 15.2 Å². The summed E-state index contributed by atoms with van der Waals surface area (Å²) in [4.78, 5) is 17.4. The number of rotatable bonds is 2. The van der Waals surface area contributed by atoms with Crippen molar-refractivity contribution in [3.05, 3.63) is 23.3 Å². The number of carbonyl (C=O) groups excluding carboxylic acids is 1. The number of anilines is 1. The van der Waals surface area contributed by atoms with E-state index in [9.17, 15) is 4.79 Å². The van der Waals surface area contributed by atoms with Gasteiger partial charge >= 0.3 is 0 Å². The summed E-state index contributed by atoms with van der Waals surface area (Å²) in [6.45, 7) is 5.77. The summed E-state index contributed by atoms with van der Waals surface area (Å²) < 4.78 is 11.0. The van der Waals surface area contributed by atoms with Crippen LogP contribution in [-0.4, -0.2) is 67.7 Å². The molecule has 4 rings (SSSR count). The summed E-state index contributed by atoms with van der Waals surface area (Å²) in [6, 6.07) is 4.10. The van der Waals surface area contributed by atoms with Crippen LogP contribution in [0.25, 0.3) is 0 Å². The Morgan fingerprint density at radius 1 is 1.17 bits per heavy atom. The Kier molecular flexibility index (Phi) is 3.87. The Hall–Kier alpha value is -1.79. The molecule has 6 heteroatoms. The summed E-state index contributed by atoms with van der Waals surface area (Å²) in [5.41, 5.74) is 8.31. The van der Waals surface area contributed by atoms with Crippen molar-refractivity contribution in [2.45, 2.75) is 18.9 Å². The Bertz CT molecular complexity index is 613. The van der Waals surface area contributed by atoms with E-state index >= 15 is 0 Å². The van der Waals surface area contributed by atoms with Crippen LogP contribution < -0.4 is 10.5 Å². The fraction of sp³-hybridized carbons (Fsp3) is 0.588. The quantitative estimate of drug-likeness (QED) is 0.815. The molecule has 23 heavy (non-hydrogen) atoms. The number of amides is 1. The third kappa shape index (κ3) is 2.66. The normalized spacial score (nSPS) is 24.5. The van der Waals surface area contributed by atoms with Crippen LogP contribution in [0.15, 0.2) is 12.1 Å². The molecule has 0 unspecified atom stereocenters. The third-order valence-corrected chi connectivity index (χ3v) is 5.13. The molecule has 0 radical (unpaired) electrons. The minimum absolute atomic E-state index is 0.113. The Morgan fingerprint density at radius 3 is 2.83 bits per heavy atom. The zero-order valence-electron chi connectivity index (χ0n) is 13.3. The van der Waals surface area contributed by atoms with Gasteiger partial charge in [0.2, 0.25) is 0 Å². The second kappa shape index (κ2) is 6.02. The second-order valence-electron chi connectivity index (χ2n) is 6.45. The summed E-state index contributed by atoms with van der Waals surface area (Å²) in [5, 5.41) is 0. The second-order valence-corrected chi connectivity index (χ2v) is 6.45. The average molecular weight is 317 g/mol. The van der Waals surface area contributed by atoms with E-state index in [2.05, 4.69) is 4.90 Å². The smallest absolute Gasteiger partial charge is 0.254 e. The van der Waals surface area contributed by atoms with Crippen LogP contribution in [0, 0.1) is 0 Å². The maximum absolute atomic E-state index is 12.9. The number of likely N-dealkylation sites (tertiary alicyclic amines) is 1. The van der Waals surface area contributed by atoms with E-state index in [1.165, 1.54) is 0 Å². The first kappa shape index (κ1) is 14.8. The molecule has 0 aromatic heterocycles. The highest BCUT2D eigenvalue weighted by Crippen LogP contribution is 2.35. The topological polar surface area (TPSA) is 68.0 Å². The van der Waals surface area contributed by atoms with Crippen molar-refractivity contribution in [1.82, 2.24) is 9.80 Å². The van der Waals surface area contributed by atoms with Crippen LogP contribution in [0.3, 0.4) is 0 Å². The molecular weight excluding hydrogens is 294 g/mol. The van der Waals surface area contributed by atoms with Crippen LogP contribution in [0.2, 0.25) is 0 Å². The van der Waals surface area contributed by atoms with Crippen molar-refractivity contribution in [2.24, 2.45) is 0 Å². The van der Waals surface area contributed by atoms with Gasteiger partial charge in [0.05, 0.1) is 25.5 Å². The van der Waals surface area contributed by atoms with E-state index in [0.717, 1.165) is 63.4 Å². The highest BCUT2D eigenvalue weighted by Gasteiger charge is 2.33. The Labute approximate surface area is 136 Å². The maximum Gasteiger partial charge on any atom is 0.254 e. The lowest BCUT2D eigenvalue weighted by molar-refractivity contribution is 0.0185. The van der Waals surface area contributed by atoms with Gasteiger partial charge < -0.3 is 20.1 Å². The molecule has 124 valence electrons. The molecule has 2 N–H and O–H groups in total. The first-order valence-electron chi connectivity index (χ1n) is 8.39. The Balaban J connectivity index is 1.49. The minimum Gasteiger partial charge on any atom is -0.491 e. The molecule has 0 bridgehead atoms. The standard InChI is InChI=1S/C17H23N3O3/c18-15-2-1-14(13-4-8-23-16(13)15)17(21)20-5-3-12(11-20)19-6-9-22-10-7-19/h1-2,12H,3-11,18H2/t12-/m1/s1. The van der Waals surface area contributed by atoms with Gasteiger partial charge in [-0.2, -0.15) is 0 Å². The molecule has 3 aliphatic heterocycles. The van der Waals surface area contributed by atoms with Crippen molar-refractivity contribution in [3.8, 4) is 5.75 Å². The molecule has 6 nitrogen and oxygen atoms in total. The van der Waals surface area contributed by atoms with Gasteiger partial charge in [0, 0.05) is 49.8 Å². The zero-order chi connectivity index (χ0) is 15.8. The van der Waals surface area contributed by atoms with Crippen molar-refractivity contribution in [2.75, 3.05) is 51.7 Å². The molecule has 3 aliphatic rings. The third-order valence-electron chi connectivity index (χ3n) is 5.13. The monoisotopic (exact) mass is 317 g/mol. The molecule has 1 aromatic rings. The number of nitrogens with zero attached hydrogens (tertiary/aromatic N) is 2. The summed E-state index contributed by atoms with van der Waals surface area (Å²) in [7, 11) is 0. The van der Waals surface area contributed by atoms with Gasteiger partial charge in [0.15, 0.2) is 0 Å². The number of benzene rings is 1. The average Bonchev–Trinajstić information content (AvgIpc) is 3.25. The number of hydrogen-bond donors (Lipinski definition) is 1. The van der Waals surface area contributed by atoms with Gasteiger partial charge in [-0.25, -0.2) is 0 Å². The van der Waals surface area contributed by atoms with Crippen molar-refractivity contribution >= 4 is 11.6 Å². The predicted octanol–water partition coefficient (Wildman–Crippen LogP) is 0.750. The van der Waals surface area contributed by atoms with Crippen molar-refractivity contribution in [3.63, 3.8) is 0 Å². The number of nitrogens with two attached hydrogens (primary N) is 1. The number of hydrogen-bond acceptors (Lipinski definition) is 5. The van der Waals surface area contributed by atoms with Crippen LogP contribution in [0.5, 0.6) is 5.75 Å². The van der Waals surface area contributed by atoms with Gasteiger partial charge in [0.1, 0.15) is 5.75 Å². The number of carbonyl (C=O) groups is 1. The highest BCUT2D eigenvalue weighted by atomic mass is 16.5.